The summed E-state index contributed by atoms with van der Waals surface area (Å²) in [5.74, 6) is -0.167. The molecule has 2 rings (SSSR count). The highest BCUT2D eigenvalue weighted by Crippen LogP contribution is 2.26. The molecule has 0 saturated carbocycles. The van der Waals surface area contributed by atoms with Gasteiger partial charge in [0, 0.05) is 18.0 Å². The maximum atomic E-state index is 11.8. The quantitative estimate of drug-likeness (QED) is 0.538. The summed E-state index contributed by atoms with van der Waals surface area (Å²) < 4.78 is 6.39. The van der Waals surface area contributed by atoms with Crippen molar-refractivity contribution in [2.45, 2.75) is 24.2 Å². The van der Waals surface area contributed by atoms with Crippen molar-refractivity contribution in [1.29, 1.82) is 0 Å². The van der Waals surface area contributed by atoms with Crippen LogP contribution in [0, 0.1) is 0 Å². The van der Waals surface area contributed by atoms with E-state index in [4.69, 9.17) is 4.74 Å². The summed E-state index contributed by atoms with van der Waals surface area (Å²) in [5.41, 5.74) is 1.20. The van der Waals surface area contributed by atoms with E-state index in [-0.39, 0.29) is 5.97 Å². The molecule has 0 unspecified atom stereocenters. The Labute approximate surface area is 140 Å². The normalized spacial score (nSPS) is 10.9. The van der Waals surface area contributed by atoms with Crippen LogP contribution in [-0.2, 0) is 22.6 Å². The van der Waals surface area contributed by atoms with Crippen LogP contribution in [0.1, 0.15) is 17.4 Å². The van der Waals surface area contributed by atoms with Crippen molar-refractivity contribution in [3.05, 3.63) is 52.9 Å². The summed E-state index contributed by atoms with van der Waals surface area (Å²) in [7, 11) is 0. The van der Waals surface area contributed by atoms with Crippen LogP contribution in [0.15, 0.2) is 46.7 Å². The van der Waals surface area contributed by atoms with Gasteiger partial charge in [0.2, 0.25) is 0 Å². The molecule has 0 aliphatic carbocycles. The first-order valence-electron chi connectivity index (χ1n) is 7.26. The topological polar surface area (TPSA) is 29.5 Å². The summed E-state index contributed by atoms with van der Waals surface area (Å²) in [4.78, 5) is 15.2. The number of carbonyl (C=O) groups excluding carboxylic acids is 1. The number of hydrogen-bond acceptors (Lipinski definition) is 5. The number of benzene rings is 1. The number of thiophene rings is 1. The monoisotopic (exact) mass is 335 g/mol. The summed E-state index contributed by atoms with van der Waals surface area (Å²) in [6.07, 6.45) is 2.08. The Balaban J connectivity index is 2.04. The van der Waals surface area contributed by atoms with Crippen LogP contribution in [0.4, 0.5) is 0 Å². The molecule has 3 nitrogen and oxygen atoms in total. The summed E-state index contributed by atoms with van der Waals surface area (Å²) in [6.45, 7) is 4.08. The molecule has 0 amide bonds. The van der Waals surface area contributed by atoms with Crippen molar-refractivity contribution in [1.82, 2.24) is 4.90 Å². The number of esters is 1. The zero-order valence-electron chi connectivity index (χ0n) is 13.0. The lowest BCUT2D eigenvalue weighted by molar-refractivity contribution is -0.144. The van der Waals surface area contributed by atoms with Crippen molar-refractivity contribution in [3.63, 3.8) is 0 Å². The number of carbonyl (C=O) groups is 1. The lowest BCUT2D eigenvalue weighted by Crippen LogP contribution is -2.30. The van der Waals surface area contributed by atoms with E-state index in [9.17, 15) is 4.79 Å². The standard InChI is InChI=1S/C17H21NO2S2/c1-3-20-16(19)13-18(11-14-7-5-4-6-8-14)12-15-9-10-17(21-2)22-15/h4-10H,3,11-13H2,1-2H3. The van der Waals surface area contributed by atoms with E-state index < -0.39 is 0 Å². The largest absolute Gasteiger partial charge is 0.465 e. The van der Waals surface area contributed by atoms with E-state index in [1.165, 1.54) is 14.6 Å². The van der Waals surface area contributed by atoms with Gasteiger partial charge >= 0.3 is 5.97 Å². The molecule has 0 aliphatic rings. The second-order valence-electron chi connectivity index (χ2n) is 4.86. The van der Waals surface area contributed by atoms with Crippen LogP contribution in [-0.4, -0.2) is 30.3 Å². The van der Waals surface area contributed by atoms with E-state index in [0.717, 1.165) is 13.1 Å². The minimum Gasteiger partial charge on any atom is -0.465 e. The fourth-order valence-electron chi connectivity index (χ4n) is 2.17. The van der Waals surface area contributed by atoms with Gasteiger partial charge in [0.15, 0.2) is 0 Å². The Kier molecular flexibility index (Phi) is 6.96. The highest BCUT2D eigenvalue weighted by Gasteiger charge is 2.14. The Morgan fingerprint density at radius 1 is 1.18 bits per heavy atom. The predicted molar refractivity (Wildman–Crippen MR) is 93.3 cm³/mol. The molecule has 0 spiro atoms. The number of rotatable bonds is 8. The second-order valence-corrected chi connectivity index (χ2v) is 7.14. The Bertz CT molecular complexity index is 583. The van der Waals surface area contributed by atoms with E-state index in [0.29, 0.717) is 13.2 Å². The SMILES string of the molecule is CCOC(=O)CN(Cc1ccccc1)Cc1ccc(SC)s1. The van der Waals surface area contributed by atoms with Gasteiger partial charge in [0.05, 0.1) is 17.4 Å². The van der Waals surface area contributed by atoms with Gasteiger partial charge < -0.3 is 4.74 Å². The van der Waals surface area contributed by atoms with Gasteiger partial charge in [-0.25, -0.2) is 0 Å². The van der Waals surface area contributed by atoms with E-state index in [2.05, 4.69) is 35.4 Å². The van der Waals surface area contributed by atoms with E-state index in [1.807, 2.05) is 25.1 Å². The average Bonchev–Trinajstić information content (AvgIpc) is 2.96. The maximum Gasteiger partial charge on any atom is 0.320 e. The molecule has 1 heterocycles. The van der Waals surface area contributed by atoms with E-state index in [1.54, 1.807) is 23.1 Å². The number of nitrogens with zero attached hydrogens (tertiary/aromatic N) is 1. The molecule has 0 N–H and O–H groups in total. The van der Waals surface area contributed by atoms with Gasteiger partial charge in [-0.05, 0) is 30.9 Å². The van der Waals surface area contributed by atoms with Crippen molar-refractivity contribution in [3.8, 4) is 0 Å². The van der Waals surface area contributed by atoms with Crippen LogP contribution >= 0.6 is 23.1 Å². The number of thioether (sulfide) groups is 1. The lowest BCUT2D eigenvalue weighted by atomic mass is 10.2. The fraction of sp³-hybridized carbons (Fsp3) is 0.353. The van der Waals surface area contributed by atoms with Crippen LogP contribution in [0.5, 0.6) is 0 Å². The van der Waals surface area contributed by atoms with E-state index >= 15 is 0 Å². The van der Waals surface area contributed by atoms with Gasteiger partial charge in [-0.1, -0.05) is 30.3 Å². The smallest absolute Gasteiger partial charge is 0.320 e. The van der Waals surface area contributed by atoms with Gasteiger partial charge in [-0.3, -0.25) is 9.69 Å². The number of ether oxygens (including phenoxy) is 1. The van der Waals surface area contributed by atoms with Crippen molar-refractivity contribution >= 4 is 29.1 Å². The van der Waals surface area contributed by atoms with Crippen LogP contribution in [0.2, 0.25) is 0 Å². The third-order valence-corrected chi connectivity index (χ3v) is 5.28. The van der Waals surface area contributed by atoms with Gasteiger partial charge in [0.1, 0.15) is 0 Å². The van der Waals surface area contributed by atoms with Gasteiger partial charge in [-0.2, -0.15) is 0 Å². The highest BCUT2D eigenvalue weighted by atomic mass is 32.2. The molecule has 0 radical (unpaired) electrons. The third-order valence-electron chi connectivity index (χ3n) is 3.12. The molecule has 5 heteroatoms. The molecule has 1 aromatic carbocycles. The van der Waals surface area contributed by atoms with Crippen LogP contribution < -0.4 is 0 Å². The second kappa shape index (κ2) is 8.98. The molecule has 2 aromatic rings. The van der Waals surface area contributed by atoms with Crippen LogP contribution in [0.25, 0.3) is 0 Å². The molecule has 0 atom stereocenters. The summed E-state index contributed by atoms with van der Waals surface area (Å²) in [6, 6.07) is 14.5. The fourth-order valence-corrected chi connectivity index (χ4v) is 3.81. The summed E-state index contributed by atoms with van der Waals surface area (Å²) in [5, 5.41) is 0. The summed E-state index contributed by atoms with van der Waals surface area (Å²) >= 11 is 3.53. The predicted octanol–water partition coefficient (Wildman–Crippen LogP) is 4.04. The third kappa shape index (κ3) is 5.48. The molecular weight excluding hydrogens is 314 g/mol. The maximum absolute atomic E-state index is 11.8. The molecule has 0 saturated heterocycles. The zero-order valence-corrected chi connectivity index (χ0v) is 14.6. The lowest BCUT2D eigenvalue weighted by Gasteiger charge is -2.20. The molecule has 0 aliphatic heterocycles. The Morgan fingerprint density at radius 3 is 2.59 bits per heavy atom. The van der Waals surface area contributed by atoms with Crippen molar-refractivity contribution < 1.29 is 9.53 Å². The molecule has 0 bridgehead atoms. The zero-order chi connectivity index (χ0) is 15.8. The van der Waals surface area contributed by atoms with Crippen LogP contribution in [0.3, 0.4) is 0 Å². The number of hydrogen-bond donors (Lipinski definition) is 0. The Morgan fingerprint density at radius 2 is 1.95 bits per heavy atom. The Hall–Kier alpha value is -1.30. The molecule has 22 heavy (non-hydrogen) atoms. The minimum atomic E-state index is -0.167. The first-order valence-corrected chi connectivity index (χ1v) is 9.30. The molecule has 0 fully saturated rings. The first kappa shape index (κ1) is 17.1. The minimum absolute atomic E-state index is 0.167. The van der Waals surface area contributed by atoms with Crippen molar-refractivity contribution in [2.24, 2.45) is 0 Å². The molecule has 1 aromatic heterocycles. The molecular formula is C17H21NO2S2. The van der Waals surface area contributed by atoms with Gasteiger partial charge in [0.25, 0.3) is 0 Å². The average molecular weight is 335 g/mol. The molecule has 118 valence electrons. The van der Waals surface area contributed by atoms with Gasteiger partial charge in [-0.15, -0.1) is 23.1 Å². The first-order chi connectivity index (χ1) is 10.7. The van der Waals surface area contributed by atoms with Crippen molar-refractivity contribution in [2.75, 3.05) is 19.4 Å². The highest BCUT2D eigenvalue weighted by molar-refractivity contribution is 8.00.